The maximum Gasteiger partial charge on any atom is 0.276 e. The first-order valence-electron chi connectivity index (χ1n) is 9.01. The Labute approximate surface area is 175 Å². The Morgan fingerprint density at radius 2 is 1.52 bits per heavy atom. The van der Waals surface area contributed by atoms with Gasteiger partial charge in [-0.1, -0.05) is 89.7 Å². The molecule has 0 aliphatic heterocycles. The smallest absolute Gasteiger partial charge is 0.267 e. The Morgan fingerprint density at radius 3 is 2.28 bits per heavy atom. The summed E-state index contributed by atoms with van der Waals surface area (Å²) >= 11 is 7.60. The normalized spacial score (nSPS) is 12.0. The number of fused-ring (bicyclic) bond motifs is 1. The zero-order valence-electron chi connectivity index (χ0n) is 15.1. The van der Waals surface area contributed by atoms with E-state index in [1.165, 1.54) is 15.7 Å². The highest BCUT2D eigenvalue weighted by atomic mass is 35.5. The van der Waals surface area contributed by atoms with Crippen LogP contribution in [-0.4, -0.2) is 14.6 Å². The van der Waals surface area contributed by atoms with Crippen molar-refractivity contribution in [3.8, 4) is 22.5 Å². The van der Waals surface area contributed by atoms with E-state index in [0.29, 0.717) is 25.9 Å². The van der Waals surface area contributed by atoms with Gasteiger partial charge in [0, 0.05) is 5.56 Å². The summed E-state index contributed by atoms with van der Waals surface area (Å²) in [6.07, 6.45) is 1.88. The average Bonchev–Trinajstić information content (AvgIpc) is 3.30. The lowest BCUT2D eigenvalue weighted by Gasteiger charge is -2.01. The van der Waals surface area contributed by atoms with Crippen LogP contribution < -0.4 is 10.1 Å². The Kier molecular flexibility index (Phi) is 4.46. The van der Waals surface area contributed by atoms with Crippen LogP contribution in [-0.2, 0) is 0 Å². The Hall–Kier alpha value is -3.28. The molecule has 0 saturated heterocycles. The summed E-state index contributed by atoms with van der Waals surface area (Å²) in [5.41, 5.74) is 3.80. The van der Waals surface area contributed by atoms with Crippen LogP contribution in [0.3, 0.4) is 0 Å². The van der Waals surface area contributed by atoms with E-state index < -0.39 is 0 Å². The molecule has 0 N–H and O–H groups in total. The maximum atomic E-state index is 13.0. The van der Waals surface area contributed by atoms with E-state index in [0.717, 1.165) is 16.7 Å². The Balaban J connectivity index is 1.58. The van der Waals surface area contributed by atoms with Crippen molar-refractivity contribution in [2.45, 2.75) is 0 Å². The van der Waals surface area contributed by atoms with Gasteiger partial charge in [-0.05, 0) is 34.9 Å². The first-order chi connectivity index (χ1) is 14.2. The molecule has 3 aromatic carbocycles. The average molecular weight is 416 g/mol. The molecule has 29 heavy (non-hydrogen) atoms. The lowest BCUT2D eigenvalue weighted by Crippen LogP contribution is -2.23. The zero-order valence-corrected chi connectivity index (χ0v) is 16.7. The van der Waals surface area contributed by atoms with Gasteiger partial charge in [0.1, 0.15) is 0 Å². The second-order valence-electron chi connectivity index (χ2n) is 6.53. The molecule has 0 radical (unpaired) electrons. The van der Waals surface area contributed by atoms with Crippen LogP contribution in [0.4, 0.5) is 0 Å². The highest BCUT2D eigenvalue weighted by Gasteiger charge is 2.16. The molecule has 0 fully saturated rings. The summed E-state index contributed by atoms with van der Waals surface area (Å²) in [6, 6.07) is 25.6. The molecule has 4 nitrogen and oxygen atoms in total. The standard InChI is InChI=1S/C23H14ClN3OS/c24-19-9-5-4-8-18(19)21-25-26-23-27(21)22(28)20(29-23)14-15-10-12-17(13-11-15)16-6-2-1-3-7-16/h1-14H/b20-14+. The lowest BCUT2D eigenvalue weighted by atomic mass is 10.0. The molecular weight excluding hydrogens is 402 g/mol. The summed E-state index contributed by atoms with van der Waals surface area (Å²) in [7, 11) is 0. The largest absolute Gasteiger partial charge is 0.276 e. The minimum atomic E-state index is -0.142. The van der Waals surface area contributed by atoms with E-state index >= 15 is 0 Å². The van der Waals surface area contributed by atoms with Crippen molar-refractivity contribution in [3.63, 3.8) is 0 Å². The number of thiazole rings is 1. The summed E-state index contributed by atoms with van der Waals surface area (Å²) in [4.78, 5) is 13.6. The molecule has 5 aromatic rings. The number of benzene rings is 3. The van der Waals surface area contributed by atoms with Crippen LogP contribution in [0.1, 0.15) is 5.56 Å². The number of hydrogen-bond donors (Lipinski definition) is 0. The molecule has 2 aromatic heterocycles. The fourth-order valence-corrected chi connectivity index (χ4v) is 4.37. The third-order valence-electron chi connectivity index (χ3n) is 4.68. The van der Waals surface area contributed by atoms with Crippen molar-refractivity contribution in [3.05, 3.63) is 104 Å². The quantitative estimate of drug-likeness (QED) is 0.429. The number of rotatable bonds is 3. The van der Waals surface area contributed by atoms with E-state index in [9.17, 15) is 4.79 Å². The van der Waals surface area contributed by atoms with E-state index in [1.54, 1.807) is 6.07 Å². The first-order valence-corrected chi connectivity index (χ1v) is 10.2. The van der Waals surface area contributed by atoms with Gasteiger partial charge in [0.2, 0.25) is 4.96 Å². The molecule has 0 amide bonds. The number of aromatic nitrogens is 3. The van der Waals surface area contributed by atoms with E-state index in [2.05, 4.69) is 34.5 Å². The van der Waals surface area contributed by atoms with Crippen molar-refractivity contribution in [2.24, 2.45) is 0 Å². The minimum absolute atomic E-state index is 0.142. The predicted octanol–water partition coefficient (Wildman–Crippen LogP) is 4.69. The summed E-state index contributed by atoms with van der Waals surface area (Å²) in [6.45, 7) is 0. The zero-order chi connectivity index (χ0) is 19.8. The summed E-state index contributed by atoms with van der Waals surface area (Å²) in [5.74, 6) is 0.464. The molecule has 5 rings (SSSR count). The molecule has 0 spiro atoms. The van der Waals surface area contributed by atoms with Gasteiger partial charge in [-0.25, -0.2) is 4.40 Å². The second-order valence-corrected chi connectivity index (χ2v) is 7.94. The van der Waals surface area contributed by atoms with Crippen LogP contribution in [0.15, 0.2) is 83.7 Å². The number of hydrogen-bond acceptors (Lipinski definition) is 4. The third-order valence-corrected chi connectivity index (χ3v) is 5.97. The molecule has 0 atom stereocenters. The molecule has 0 aliphatic carbocycles. The van der Waals surface area contributed by atoms with Crippen LogP contribution in [0.2, 0.25) is 5.02 Å². The van der Waals surface area contributed by atoms with E-state index in [4.69, 9.17) is 11.6 Å². The van der Waals surface area contributed by atoms with Crippen molar-refractivity contribution < 1.29 is 0 Å². The predicted molar refractivity (Wildman–Crippen MR) is 118 cm³/mol. The van der Waals surface area contributed by atoms with Crippen LogP contribution >= 0.6 is 22.9 Å². The fraction of sp³-hybridized carbons (Fsp3) is 0. The molecule has 0 saturated carbocycles. The minimum Gasteiger partial charge on any atom is -0.267 e. The Morgan fingerprint density at radius 1 is 0.828 bits per heavy atom. The van der Waals surface area contributed by atoms with Gasteiger partial charge in [-0.15, -0.1) is 10.2 Å². The van der Waals surface area contributed by atoms with Crippen molar-refractivity contribution >= 4 is 34.0 Å². The van der Waals surface area contributed by atoms with Crippen LogP contribution in [0.5, 0.6) is 0 Å². The van der Waals surface area contributed by atoms with Crippen molar-refractivity contribution in [1.82, 2.24) is 14.6 Å². The van der Waals surface area contributed by atoms with Crippen LogP contribution in [0, 0.1) is 0 Å². The van der Waals surface area contributed by atoms with Gasteiger partial charge in [0.15, 0.2) is 5.82 Å². The number of nitrogens with zero attached hydrogens (tertiary/aromatic N) is 3. The lowest BCUT2D eigenvalue weighted by molar-refractivity contribution is 1.09. The first kappa shape index (κ1) is 17.8. The van der Waals surface area contributed by atoms with E-state index in [-0.39, 0.29) is 5.56 Å². The second kappa shape index (κ2) is 7.28. The van der Waals surface area contributed by atoms with Crippen LogP contribution in [0.25, 0.3) is 33.6 Å². The molecular formula is C23H14ClN3OS. The van der Waals surface area contributed by atoms with E-state index in [1.807, 2.05) is 54.6 Å². The third kappa shape index (κ3) is 3.24. The monoisotopic (exact) mass is 415 g/mol. The molecule has 6 heteroatoms. The van der Waals surface area contributed by atoms with Gasteiger partial charge in [-0.2, -0.15) is 0 Å². The Bertz CT molecular complexity index is 1420. The van der Waals surface area contributed by atoms with Crippen molar-refractivity contribution in [2.75, 3.05) is 0 Å². The summed E-state index contributed by atoms with van der Waals surface area (Å²) < 4.78 is 2.13. The summed E-state index contributed by atoms with van der Waals surface area (Å²) in [5, 5.41) is 8.87. The molecule has 0 unspecified atom stereocenters. The fourth-order valence-electron chi connectivity index (χ4n) is 3.23. The van der Waals surface area contributed by atoms with Gasteiger partial charge in [0.05, 0.1) is 9.55 Å². The molecule has 140 valence electrons. The molecule has 0 bridgehead atoms. The van der Waals surface area contributed by atoms with Gasteiger partial charge in [-0.3, -0.25) is 4.79 Å². The SMILES string of the molecule is O=c1/c(=C\c2ccc(-c3ccccc3)cc2)sc2nnc(-c3ccccc3Cl)n12. The van der Waals surface area contributed by atoms with Gasteiger partial charge < -0.3 is 0 Å². The highest BCUT2D eigenvalue weighted by molar-refractivity contribution is 7.15. The number of halogens is 1. The molecule has 2 heterocycles. The van der Waals surface area contributed by atoms with Gasteiger partial charge >= 0.3 is 0 Å². The van der Waals surface area contributed by atoms with Crippen molar-refractivity contribution in [1.29, 1.82) is 0 Å². The topological polar surface area (TPSA) is 47.3 Å². The highest BCUT2D eigenvalue weighted by Crippen LogP contribution is 2.26. The molecule has 0 aliphatic rings. The van der Waals surface area contributed by atoms with Gasteiger partial charge in [0.25, 0.3) is 5.56 Å². The maximum absolute atomic E-state index is 13.0.